The summed E-state index contributed by atoms with van der Waals surface area (Å²) in [7, 11) is 1.75. The Morgan fingerprint density at radius 3 is 2.62 bits per heavy atom. The number of nitrogens with zero attached hydrogens (tertiary/aromatic N) is 2. The average molecular weight is 280 g/mol. The number of imidazole rings is 1. The molecule has 0 spiro atoms. The van der Waals surface area contributed by atoms with Crippen LogP contribution in [0.2, 0.25) is 0 Å². The van der Waals surface area contributed by atoms with Crippen molar-refractivity contribution in [1.29, 1.82) is 0 Å². The third-order valence-electron chi connectivity index (χ3n) is 3.69. The molecule has 0 aliphatic rings. The zero-order chi connectivity index (χ0) is 14.8. The lowest BCUT2D eigenvalue weighted by molar-refractivity contribution is 0.417. The van der Waals surface area contributed by atoms with Crippen LogP contribution in [0.1, 0.15) is 11.4 Å². The van der Waals surface area contributed by atoms with Gasteiger partial charge in [-0.1, -0.05) is 35.8 Å². The molecule has 5 heteroatoms. The smallest absolute Gasteiger partial charge is 0.304 e. The highest BCUT2D eigenvalue weighted by molar-refractivity contribution is 6.45. The van der Waals surface area contributed by atoms with Gasteiger partial charge in [0, 0.05) is 6.54 Å². The quantitative estimate of drug-likeness (QED) is 0.734. The third kappa shape index (κ3) is 2.52. The zero-order valence-electron chi connectivity index (χ0n) is 12.2. The van der Waals surface area contributed by atoms with E-state index >= 15 is 0 Å². The van der Waals surface area contributed by atoms with Crippen LogP contribution in [0.5, 0.6) is 5.75 Å². The van der Waals surface area contributed by atoms with E-state index in [-0.39, 0.29) is 7.48 Å². The molecule has 0 saturated heterocycles. The number of methoxy groups -OCH3 is 1. The summed E-state index contributed by atoms with van der Waals surface area (Å²) in [5, 5.41) is 9.11. The van der Waals surface area contributed by atoms with E-state index < -0.39 is 0 Å². The lowest BCUT2D eigenvalue weighted by atomic mass is 9.88. The molecule has 1 N–H and O–H groups in total. The number of aryl methyl sites for hydroxylation is 1. The normalized spacial score (nSPS) is 10.8. The van der Waals surface area contributed by atoms with Gasteiger partial charge in [-0.05, 0) is 24.6 Å². The second-order valence-corrected chi connectivity index (χ2v) is 5.05. The Bertz CT molecular complexity index is 766. The summed E-state index contributed by atoms with van der Waals surface area (Å²) in [6.07, 6.45) is 0. The maximum atomic E-state index is 9.11. The van der Waals surface area contributed by atoms with Gasteiger partial charge in [0.2, 0.25) is 0 Å². The van der Waals surface area contributed by atoms with Gasteiger partial charge in [-0.25, -0.2) is 4.98 Å². The van der Waals surface area contributed by atoms with Gasteiger partial charge in [0.1, 0.15) is 17.1 Å². The molecule has 106 valence electrons. The monoisotopic (exact) mass is 280 g/mol. The molecular formula is C16H17BN2O2. The van der Waals surface area contributed by atoms with Crippen molar-refractivity contribution in [3.05, 3.63) is 53.9 Å². The molecule has 0 saturated carbocycles. The number of para-hydroxylation sites is 1. The topological polar surface area (TPSA) is 47.3 Å². The number of hydrogen-bond acceptors (Lipinski definition) is 3. The molecule has 0 radical (unpaired) electrons. The fourth-order valence-electron chi connectivity index (χ4n) is 2.56. The first-order chi connectivity index (χ1) is 10.2. The molecular weight excluding hydrogens is 263 g/mol. The van der Waals surface area contributed by atoms with Gasteiger partial charge < -0.3 is 14.3 Å². The minimum atomic E-state index is 0.0706. The van der Waals surface area contributed by atoms with Gasteiger partial charge in [-0.3, -0.25) is 0 Å². The van der Waals surface area contributed by atoms with Crippen LogP contribution in [0.3, 0.4) is 0 Å². The van der Waals surface area contributed by atoms with Gasteiger partial charge in [-0.2, -0.15) is 0 Å². The van der Waals surface area contributed by atoms with Gasteiger partial charge in [-0.15, -0.1) is 0 Å². The van der Waals surface area contributed by atoms with E-state index in [1.807, 2.05) is 49.4 Å². The van der Waals surface area contributed by atoms with E-state index in [1.54, 1.807) is 7.11 Å². The molecule has 0 atom stereocenters. The highest BCUT2D eigenvalue weighted by atomic mass is 16.5. The molecule has 0 aliphatic carbocycles. The fraction of sp³-hybridized carbons (Fsp3) is 0.188. The van der Waals surface area contributed by atoms with Gasteiger partial charge >= 0.3 is 7.48 Å². The summed E-state index contributed by atoms with van der Waals surface area (Å²) >= 11 is 0. The molecule has 4 nitrogen and oxygen atoms in total. The zero-order valence-corrected chi connectivity index (χ0v) is 12.2. The van der Waals surface area contributed by atoms with Crippen LogP contribution in [-0.4, -0.2) is 29.2 Å². The standard InChI is InChI=1S/C16H17BN2O2/c1-11-18-14-4-3-5-15(21-2)16(14)19(11)10-12-6-8-13(17-20)9-7-12/h3-9,17,20H,10H2,1-2H3. The van der Waals surface area contributed by atoms with Gasteiger partial charge in [0.15, 0.2) is 0 Å². The molecule has 21 heavy (non-hydrogen) atoms. The van der Waals surface area contributed by atoms with Crippen LogP contribution in [-0.2, 0) is 6.54 Å². The number of benzene rings is 2. The lowest BCUT2D eigenvalue weighted by Gasteiger charge is -2.10. The largest absolute Gasteiger partial charge is 0.494 e. The summed E-state index contributed by atoms with van der Waals surface area (Å²) in [6, 6.07) is 13.9. The first-order valence-corrected chi connectivity index (χ1v) is 6.91. The van der Waals surface area contributed by atoms with Crippen molar-refractivity contribution in [1.82, 2.24) is 9.55 Å². The highest BCUT2D eigenvalue weighted by Gasteiger charge is 2.12. The minimum Gasteiger partial charge on any atom is -0.494 e. The number of fused-ring (bicyclic) bond motifs is 1. The molecule has 3 rings (SSSR count). The Hall–Kier alpha value is -2.27. The number of aromatic nitrogens is 2. The SMILES string of the molecule is COc1cccc2nc(C)n(Cc3ccc(BO)cc3)c12. The van der Waals surface area contributed by atoms with Crippen LogP contribution < -0.4 is 10.2 Å². The molecule has 0 bridgehead atoms. The van der Waals surface area contributed by atoms with Crippen LogP contribution >= 0.6 is 0 Å². The maximum absolute atomic E-state index is 9.11. The van der Waals surface area contributed by atoms with Crippen LogP contribution in [0.4, 0.5) is 0 Å². The third-order valence-corrected chi connectivity index (χ3v) is 3.69. The maximum Gasteiger partial charge on any atom is 0.304 e. The molecule has 0 unspecified atom stereocenters. The fourth-order valence-corrected chi connectivity index (χ4v) is 2.56. The molecule has 2 aromatic carbocycles. The predicted octanol–water partition coefficient (Wildman–Crippen LogP) is 1.37. The van der Waals surface area contributed by atoms with E-state index in [9.17, 15) is 0 Å². The van der Waals surface area contributed by atoms with E-state index in [4.69, 9.17) is 9.76 Å². The van der Waals surface area contributed by atoms with Crippen molar-refractivity contribution in [3.8, 4) is 5.75 Å². The Morgan fingerprint density at radius 2 is 1.95 bits per heavy atom. The van der Waals surface area contributed by atoms with E-state index in [1.165, 1.54) is 5.56 Å². The highest BCUT2D eigenvalue weighted by Crippen LogP contribution is 2.27. The predicted molar refractivity (Wildman–Crippen MR) is 85.6 cm³/mol. The Morgan fingerprint density at radius 1 is 1.19 bits per heavy atom. The first kappa shape index (κ1) is 13.7. The molecule has 0 fully saturated rings. The van der Waals surface area contributed by atoms with Crippen molar-refractivity contribution >= 4 is 24.0 Å². The summed E-state index contributed by atoms with van der Waals surface area (Å²) in [5.41, 5.74) is 4.05. The Balaban J connectivity index is 2.04. The summed E-state index contributed by atoms with van der Waals surface area (Å²) in [6.45, 7) is 2.73. The lowest BCUT2D eigenvalue weighted by Crippen LogP contribution is -2.13. The number of hydrogen-bond donors (Lipinski definition) is 1. The summed E-state index contributed by atoms with van der Waals surface area (Å²) in [4.78, 5) is 4.59. The van der Waals surface area contributed by atoms with Gasteiger partial charge in [0.25, 0.3) is 0 Å². The van der Waals surface area contributed by atoms with E-state index in [0.29, 0.717) is 0 Å². The molecule has 3 aromatic rings. The molecule has 1 aromatic heterocycles. The first-order valence-electron chi connectivity index (χ1n) is 6.91. The number of rotatable bonds is 4. The van der Waals surface area contributed by atoms with Gasteiger partial charge in [0.05, 0.1) is 12.6 Å². The average Bonchev–Trinajstić information content (AvgIpc) is 2.84. The summed E-state index contributed by atoms with van der Waals surface area (Å²) in [5.74, 6) is 1.79. The van der Waals surface area contributed by atoms with Crippen molar-refractivity contribution in [2.75, 3.05) is 7.11 Å². The van der Waals surface area contributed by atoms with Crippen molar-refractivity contribution in [2.24, 2.45) is 0 Å². The molecule has 1 heterocycles. The van der Waals surface area contributed by atoms with Crippen LogP contribution in [0, 0.1) is 6.92 Å². The Labute approximate surface area is 124 Å². The van der Waals surface area contributed by atoms with E-state index in [2.05, 4.69) is 9.55 Å². The van der Waals surface area contributed by atoms with Crippen LogP contribution in [0.15, 0.2) is 42.5 Å². The minimum absolute atomic E-state index is 0.0706. The Kier molecular flexibility index (Phi) is 3.67. The summed E-state index contributed by atoms with van der Waals surface area (Å²) < 4.78 is 7.62. The second kappa shape index (κ2) is 5.62. The second-order valence-electron chi connectivity index (χ2n) is 5.05. The molecule has 0 amide bonds. The van der Waals surface area contributed by atoms with Crippen molar-refractivity contribution in [3.63, 3.8) is 0 Å². The van der Waals surface area contributed by atoms with Crippen molar-refractivity contribution in [2.45, 2.75) is 13.5 Å². The van der Waals surface area contributed by atoms with E-state index in [0.717, 1.165) is 34.6 Å². The van der Waals surface area contributed by atoms with Crippen molar-refractivity contribution < 1.29 is 9.76 Å². The molecule has 0 aliphatic heterocycles. The number of ether oxygens (including phenoxy) is 1. The van der Waals surface area contributed by atoms with Crippen LogP contribution in [0.25, 0.3) is 11.0 Å².